The molecule has 200 valence electrons. The van der Waals surface area contributed by atoms with Gasteiger partial charge in [-0.2, -0.15) is 5.10 Å². The van der Waals surface area contributed by atoms with Crippen molar-refractivity contribution < 1.29 is 4.79 Å². The van der Waals surface area contributed by atoms with E-state index in [9.17, 15) is 4.79 Å². The van der Waals surface area contributed by atoms with Crippen LogP contribution in [0, 0.1) is 26.2 Å². The largest absolute Gasteiger partial charge is 0.355 e. The summed E-state index contributed by atoms with van der Waals surface area (Å²) in [6.07, 6.45) is 9.77. The number of pyridine rings is 1. The van der Waals surface area contributed by atoms with E-state index in [1.807, 2.05) is 15.9 Å². The molecule has 0 aromatic carbocycles. The van der Waals surface area contributed by atoms with E-state index < -0.39 is 0 Å². The van der Waals surface area contributed by atoms with Crippen LogP contribution in [0.5, 0.6) is 0 Å². The minimum Gasteiger partial charge on any atom is -0.355 e. The fraction of sp³-hybridized carbons (Fsp3) is 0.567. The standard InChI is InChI=1S/C30H38N6OS/c1-16(2)23-24-19(5)26(20-6-8-21(9-7-20)35-13-30(14-35)10-11-31-29(30)37)38-28(24)34-25(23)22-12-36-27(32-15-33-36)18(4)17(22)3/h12,15-16,20-21,34H,6-11,13-14H2,1-5H3,(H,31,37)/t20-,21+. The summed E-state index contributed by atoms with van der Waals surface area (Å²) in [6, 6.07) is 0.645. The average molecular weight is 531 g/mol. The van der Waals surface area contributed by atoms with Crippen LogP contribution in [0.4, 0.5) is 0 Å². The number of carbonyl (C=O) groups excluding carboxylic acids is 1. The molecule has 3 aliphatic rings. The molecule has 0 bridgehead atoms. The molecule has 4 aromatic rings. The highest BCUT2D eigenvalue weighted by Crippen LogP contribution is 2.49. The van der Waals surface area contributed by atoms with Gasteiger partial charge in [-0.1, -0.05) is 13.8 Å². The first-order valence-electron chi connectivity index (χ1n) is 14.2. The van der Waals surface area contributed by atoms with Crippen LogP contribution >= 0.6 is 11.3 Å². The topological polar surface area (TPSA) is 78.3 Å². The summed E-state index contributed by atoms with van der Waals surface area (Å²) in [5, 5.41) is 8.92. The van der Waals surface area contributed by atoms with Crippen LogP contribution in [-0.2, 0) is 4.79 Å². The van der Waals surface area contributed by atoms with Crippen LogP contribution in [-0.4, -0.2) is 56.1 Å². The molecule has 0 radical (unpaired) electrons. The van der Waals surface area contributed by atoms with Gasteiger partial charge in [-0.3, -0.25) is 9.69 Å². The second kappa shape index (κ2) is 8.65. The van der Waals surface area contributed by atoms with Gasteiger partial charge in [-0.25, -0.2) is 9.50 Å². The Kier molecular flexibility index (Phi) is 5.54. The van der Waals surface area contributed by atoms with Gasteiger partial charge in [0.25, 0.3) is 0 Å². The quantitative estimate of drug-likeness (QED) is 0.348. The highest BCUT2D eigenvalue weighted by Gasteiger charge is 2.53. The minimum atomic E-state index is -0.0691. The molecule has 7 rings (SSSR count). The summed E-state index contributed by atoms with van der Waals surface area (Å²) in [6.45, 7) is 14.1. The molecule has 1 aliphatic carbocycles. The Bertz CT molecular complexity index is 1560. The van der Waals surface area contributed by atoms with E-state index in [0.29, 0.717) is 23.8 Å². The van der Waals surface area contributed by atoms with Crippen molar-refractivity contribution in [3.8, 4) is 11.3 Å². The van der Waals surface area contributed by atoms with Crippen LogP contribution in [0.2, 0.25) is 0 Å². The third-order valence-corrected chi connectivity index (χ3v) is 11.3. The molecule has 38 heavy (non-hydrogen) atoms. The predicted octanol–water partition coefficient (Wildman–Crippen LogP) is 5.84. The summed E-state index contributed by atoms with van der Waals surface area (Å²) in [5.74, 6) is 1.34. The Labute approximate surface area is 228 Å². The first-order valence-corrected chi connectivity index (χ1v) is 15.1. The van der Waals surface area contributed by atoms with Crippen molar-refractivity contribution in [2.45, 2.75) is 84.6 Å². The predicted molar refractivity (Wildman–Crippen MR) is 153 cm³/mol. The molecule has 0 unspecified atom stereocenters. The number of amides is 1. The van der Waals surface area contributed by atoms with Gasteiger partial charge in [-0.05, 0) is 87.0 Å². The van der Waals surface area contributed by atoms with E-state index in [2.05, 4.69) is 66.1 Å². The van der Waals surface area contributed by atoms with Gasteiger partial charge >= 0.3 is 0 Å². The van der Waals surface area contributed by atoms with Crippen molar-refractivity contribution in [2.75, 3.05) is 19.6 Å². The van der Waals surface area contributed by atoms with E-state index in [1.165, 1.54) is 69.4 Å². The minimum absolute atomic E-state index is 0.0691. The number of carbonyl (C=O) groups is 1. The Balaban J connectivity index is 1.16. The van der Waals surface area contributed by atoms with Gasteiger partial charge < -0.3 is 10.3 Å². The molecule has 1 spiro atoms. The van der Waals surface area contributed by atoms with Crippen molar-refractivity contribution in [3.05, 3.63) is 39.7 Å². The lowest BCUT2D eigenvalue weighted by Gasteiger charge is -2.51. The lowest BCUT2D eigenvalue weighted by Crippen LogP contribution is -2.62. The van der Waals surface area contributed by atoms with Crippen LogP contribution in [0.15, 0.2) is 12.5 Å². The number of aryl methyl sites for hydroxylation is 2. The first kappa shape index (κ1) is 24.3. The highest BCUT2D eigenvalue weighted by molar-refractivity contribution is 7.19. The monoisotopic (exact) mass is 530 g/mol. The molecule has 1 amide bonds. The van der Waals surface area contributed by atoms with Crippen LogP contribution in [0.1, 0.15) is 84.9 Å². The Morgan fingerprint density at radius 2 is 1.84 bits per heavy atom. The number of hydrogen-bond donors (Lipinski definition) is 2. The van der Waals surface area contributed by atoms with Gasteiger partial charge in [0.05, 0.1) is 11.1 Å². The van der Waals surface area contributed by atoms with Crippen molar-refractivity contribution in [3.63, 3.8) is 0 Å². The Hall–Kier alpha value is -2.71. The smallest absolute Gasteiger partial charge is 0.228 e. The number of nitrogens with one attached hydrogen (secondary N) is 2. The number of nitrogens with zero attached hydrogens (tertiary/aromatic N) is 4. The number of rotatable bonds is 4. The fourth-order valence-corrected chi connectivity index (χ4v) is 8.99. The molecular weight excluding hydrogens is 492 g/mol. The van der Waals surface area contributed by atoms with Crippen LogP contribution in [0.3, 0.4) is 0 Å². The van der Waals surface area contributed by atoms with Crippen molar-refractivity contribution >= 4 is 33.1 Å². The zero-order valence-corrected chi connectivity index (χ0v) is 24.0. The second-order valence-corrected chi connectivity index (χ2v) is 13.4. The number of thiophene rings is 1. The zero-order chi connectivity index (χ0) is 26.3. The molecule has 7 nitrogen and oxygen atoms in total. The lowest BCUT2D eigenvalue weighted by atomic mass is 9.74. The molecule has 2 aliphatic heterocycles. The lowest BCUT2D eigenvalue weighted by molar-refractivity contribution is -0.139. The molecule has 6 heterocycles. The number of likely N-dealkylation sites (tertiary alicyclic amines) is 1. The molecule has 2 N–H and O–H groups in total. The maximum Gasteiger partial charge on any atom is 0.228 e. The maximum absolute atomic E-state index is 12.3. The normalized spacial score (nSPS) is 23.7. The van der Waals surface area contributed by atoms with Crippen molar-refractivity contribution in [2.24, 2.45) is 5.41 Å². The highest BCUT2D eigenvalue weighted by atomic mass is 32.1. The van der Waals surface area contributed by atoms with Crippen LogP contribution < -0.4 is 5.32 Å². The average Bonchev–Trinajstić information content (AvgIpc) is 3.64. The summed E-state index contributed by atoms with van der Waals surface area (Å²) in [4.78, 5) is 26.1. The molecular formula is C30H38N6OS. The zero-order valence-electron chi connectivity index (χ0n) is 23.1. The first-order chi connectivity index (χ1) is 18.3. The fourth-order valence-electron chi connectivity index (χ4n) is 7.59. The third kappa shape index (κ3) is 3.45. The van der Waals surface area contributed by atoms with Gasteiger partial charge in [-0.15, -0.1) is 11.3 Å². The van der Waals surface area contributed by atoms with Gasteiger partial charge in [0.15, 0.2) is 5.65 Å². The van der Waals surface area contributed by atoms with Gasteiger partial charge in [0.2, 0.25) is 5.91 Å². The van der Waals surface area contributed by atoms with E-state index in [-0.39, 0.29) is 5.41 Å². The number of hydrogen-bond acceptors (Lipinski definition) is 5. The number of fused-ring (bicyclic) bond motifs is 2. The van der Waals surface area contributed by atoms with E-state index in [4.69, 9.17) is 0 Å². The summed E-state index contributed by atoms with van der Waals surface area (Å²) < 4.78 is 1.91. The maximum atomic E-state index is 12.3. The summed E-state index contributed by atoms with van der Waals surface area (Å²) in [7, 11) is 0. The Morgan fingerprint density at radius 1 is 1.08 bits per heavy atom. The summed E-state index contributed by atoms with van der Waals surface area (Å²) in [5.41, 5.74) is 8.67. The number of aromatic amines is 1. The van der Waals surface area contributed by atoms with E-state index in [1.54, 1.807) is 11.2 Å². The van der Waals surface area contributed by atoms with Crippen molar-refractivity contribution in [1.29, 1.82) is 0 Å². The molecule has 4 aromatic heterocycles. The van der Waals surface area contributed by atoms with Crippen LogP contribution in [0.25, 0.3) is 27.1 Å². The molecule has 2 saturated heterocycles. The SMILES string of the molecule is Cc1c(-c2[nH]c3sc([C@H]4CC[C@@H](N5CC6(CCNC6=O)C5)CC4)c(C)c3c2C(C)C)cn2ncnc2c1C. The van der Waals surface area contributed by atoms with Crippen molar-refractivity contribution in [1.82, 2.24) is 29.8 Å². The van der Waals surface area contributed by atoms with E-state index in [0.717, 1.165) is 31.7 Å². The number of H-pyrrole nitrogens is 1. The summed E-state index contributed by atoms with van der Waals surface area (Å²) >= 11 is 1.98. The van der Waals surface area contributed by atoms with E-state index >= 15 is 0 Å². The molecule has 3 fully saturated rings. The Morgan fingerprint density at radius 3 is 2.53 bits per heavy atom. The third-order valence-electron chi connectivity index (χ3n) is 9.90. The molecule has 8 heteroatoms. The van der Waals surface area contributed by atoms with Gasteiger partial charge in [0.1, 0.15) is 11.2 Å². The van der Waals surface area contributed by atoms with Gasteiger partial charge in [0, 0.05) is 47.7 Å². The molecule has 1 saturated carbocycles. The molecule has 0 atom stereocenters. The second-order valence-electron chi connectivity index (χ2n) is 12.4. The number of aromatic nitrogens is 4.